The van der Waals surface area contributed by atoms with Gasteiger partial charge in [0.05, 0.1) is 11.5 Å². The first-order chi connectivity index (χ1) is 16.9. The van der Waals surface area contributed by atoms with Gasteiger partial charge in [0.1, 0.15) is 5.78 Å². The first-order valence-corrected chi connectivity index (χ1v) is 16.0. The smallest absolute Gasteiger partial charge is 0.237 e. The number of sulfonamides is 1. The number of aryl methyl sites for hydroxylation is 1. The van der Waals surface area contributed by atoms with Gasteiger partial charge in [-0.3, -0.25) is 0 Å². The zero-order chi connectivity index (χ0) is 28.8. The van der Waals surface area contributed by atoms with Crippen LogP contribution in [0.15, 0.2) is 48.5 Å². The Bertz CT molecular complexity index is 1030. The lowest BCUT2D eigenvalue weighted by molar-refractivity contribution is -0.116. The number of carbonyl (C=O) groups is 1. The number of ketones is 1. The van der Waals surface area contributed by atoms with Gasteiger partial charge in [0.25, 0.3) is 0 Å². The molecule has 8 nitrogen and oxygen atoms in total. The fourth-order valence-corrected chi connectivity index (χ4v) is 4.01. The number of nitrogens with two attached hydrogens (primary N) is 1. The molecule has 2 rings (SSSR count). The van der Waals surface area contributed by atoms with Crippen molar-refractivity contribution >= 4 is 35.5 Å². The van der Waals surface area contributed by atoms with Crippen LogP contribution in [0.4, 0.5) is 0 Å². The van der Waals surface area contributed by atoms with Crippen LogP contribution in [0.1, 0.15) is 77.1 Å². The average molecular weight is 567 g/mol. The Morgan fingerprint density at radius 1 is 0.778 bits per heavy atom. The molecule has 0 amide bonds. The number of benzene rings is 2. The fraction of sp³-hybridized carbons (Fsp3) is 0.480. The van der Waals surface area contributed by atoms with E-state index in [1.807, 2.05) is 53.7 Å². The van der Waals surface area contributed by atoms with Crippen LogP contribution < -0.4 is 10.6 Å². The van der Waals surface area contributed by atoms with E-state index in [1.165, 1.54) is 4.89 Å². The van der Waals surface area contributed by atoms with Crippen LogP contribution >= 0.6 is 10.7 Å². The van der Waals surface area contributed by atoms with E-state index in [9.17, 15) is 21.6 Å². The van der Waals surface area contributed by atoms with E-state index in [-0.39, 0.29) is 17.3 Å². The Labute approximate surface area is 222 Å². The highest BCUT2D eigenvalue weighted by Crippen LogP contribution is 2.12. The molecule has 0 aromatic heterocycles. The molecule has 0 saturated heterocycles. The van der Waals surface area contributed by atoms with Gasteiger partial charge >= 0.3 is 0 Å². The number of hydrogen-bond donors (Lipinski definition) is 3. The summed E-state index contributed by atoms with van der Waals surface area (Å²) in [5, 5.41) is 8.30. The van der Waals surface area contributed by atoms with Gasteiger partial charge in [-0.1, -0.05) is 95.0 Å². The Morgan fingerprint density at radius 3 is 1.47 bits per heavy atom. The number of Topliss-reactive ketones (excluding diaryl/α,β-unsaturated/α-hetero) is 1. The van der Waals surface area contributed by atoms with Crippen molar-refractivity contribution in [3.8, 4) is 0 Å². The third-order valence-electron chi connectivity index (χ3n) is 3.88. The maximum atomic E-state index is 10.9. The average Bonchev–Trinajstić information content (AvgIpc) is 2.87. The second-order valence-corrected chi connectivity index (χ2v) is 11.1. The summed E-state index contributed by atoms with van der Waals surface area (Å²) < 4.78 is 43.5. The second-order valence-electron chi connectivity index (χ2n) is 6.57. The van der Waals surface area contributed by atoms with Crippen LogP contribution in [0.25, 0.3) is 0 Å². The van der Waals surface area contributed by atoms with Crippen molar-refractivity contribution in [3.05, 3.63) is 70.8 Å². The standard InChI is InChI=1S/C11H13ClO3S.C8H12N2O3S.3C2H6/c1-9(13)2-3-10-4-6-11(7-5-10)8-16(12,14)15;9-5-7-1-3-8(4-2-7)6-14(12,13)10-11;3*1-2/h4-7H,2-3,8H2,1H3;1-4,10-11H,5-6,9H2;3*1-2H3. The quantitative estimate of drug-likeness (QED) is 0.275. The fourth-order valence-electron chi connectivity index (χ4n) is 2.34. The van der Waals surface area contributed by atoms with Gasteiger partial charge in [0.15, 0.2) is 0 Å². The molecule has 0 aliphatic rings. The number of halogens is 1. The van der Waals surface area contributed by atoms with Gasteiger partial charge in [0, 0.05) is 23.6 Å². The third-order valence-corrected chi connectivity index (χ3v) is 5.88. The predicted octanol–water partition coefficient (Wildman–Crippen LogP) is 5.31. The zero-order valence-electron chi connectivity index (χ0n) is 22.4. The van der Waals surface area contributed by atoms with Crippen molar-refractivity contribution in [1.82, 2.24) is 4.89 Å². The van der Waals surface area contributed by atoms with Crippen LogP contribution in [-0.4, -0.2) is 27.8 Å². The molecule has 11 heteroatoms. The SMILES string of the molecule is CC.CC.CC.CC(=O)CCc1ccc(CS(=O)(=O)Cl)cc1.NCc1ccc(CS(=O)(=O)NO)cc1. The van der Waals surface area contributed by atoms with Crippen molar-refractivity contribution in [2.24, 2.45) is 5.73 Å². The highest BCUT2D eigenvalue weighted by Gasteiger charge is 2.09. The van der Waals surface area contributed by atoms with Crippen molar-refractivity contribution < 1.29 is 26.8 Å². The molecule has 0 bridgehead atoms. The topological polar surface area (TPSA) is 144 Å². The van der Waals surface area contributed by atoms with Gasteiger partial charge in [-0.05, 0) is 35.6 Å². The maximum Gasteiger partial charge on any atom is 0.237 e. The molecule has 36 heavy (non-hydrogen) atoms. The molecular formula is C25H43ClN2O6S2. The largest absolute Gasteiger partial charge is 0.326 e. The molecule has 0 unspecified atom stereocenters. The number of carbonyl (C=O) groups excluding carboxylic acids is 1. The minimum absolute atomic E-state index is 0.146. The van der Waals surface area contributed by atoms with E-state index in [0.29, 0.717) is 30.5 Å². The summed E-state index contributed by atoms with van der Waals surface area (Å²) in [7, 11) is -1.98. The van der Waals surface area contributed by atoms with Crippen molar-refractivity contribution in [1.29, 1.82) is 0 Å². The van der Waals surface area contributed by atoms with Crippen LogP contribution in [0.3, 0.4) is 0 Å². The maximum absolute atomic E-state index is 10.9. The summed E-state index contributed by atoms with van der Waals surface area (Å²) in [5.41, 5.74) is 8.59. The van der Waals surface area contributed by atoms with E-state index in [1.54, 1.807) is 43.3 Å². The normalized spacial score (nSPS) is 10.1. The van der Waals surface area contributed by atoms with Crippen molar-refractivity contribution in [3.63, 3.8) is 0 Å². The summed E-state index contributed by atoms with van der Waals surface area (Å²) in [5.74, 6) is -0.261. The minimum Gasteiger partial charge on any atom is -0.326 e. The molecule has 0 spiro atoms. The van der Waals surface area contributed by atoms with Gasteiger partial charge in [-0.25, -0.2) is 16.8 Å². The van der Waals surface area contributed by atoms with E-state index in [0.717, 1.165) is 11.1 Å². The summed E-state index contributed by atoms with van der Waals surface area (Å²) in [6, 6.07) is 13.9. The molecule has 208 valence electrons. The van der Waals surface area contributed by atoms with Gasteiger partial charge in [0.2, 0.25) is 19.1 Å². The van der Waals surface area contributed by atoms with Gasteiger partial charge in [-0.15, -0.1) is 0 Å². The highest BCUT2D eigenvalue weighted by molar-refractivity contribution is 8.13. The highest BCUT2D eigenvalue weighted by atomic mass is 35.7. The summed E-state index contributed by atoms with van der Waals surface area (Å²) in [6.07, 6.45) is 1.19. The van der Waals surface area contributed by atoms with Crippen LogP contribution in [0.2, 0.25) is 0 Å². The molecule has 0 radical (unpaired) electrons. The molecule has 0 atom stereocenters. The Morgan fingerprint density at radius 2 is 1.14 bits per heavy atom. The van der Waals surface area contributed by atoms with Gasteiger partial charge in [-0.2, -0.15) is 0 Å². The molecule has 2 aromatic carbocycles. The van der Waals surface area contributed by atoms with Crippen LogP contribution in [0, 0.1) is 0 Å². The molecule has 2 aromatic rings. The first-order valence-electron chi connectivity index (χ1n) is 11.8. The first kappa shape index (κ1) is 38.7. The minimum atomic E-state index is -3.62. The molecule has 4 N–H and O–H groups in total. The van der Waals surface area contributed by atoms with Crippen molar-refractivity contribution in [2.45, 2.75) is 79.4 Å². The van der Waals surface area contributed by atoms with E-state index < -0.39 is 19.1 Å². The number of nitrogens with one attached hydrogen (secondary N) is 1. The zero-order valence-corrected chi connectivity index (χ0v) is 24.8. The lowest BCUT2D eigenvalue weighted by Gasteiger charge is -2.02. The molecule has 0 fully saturated rings. The van der Waals surface area contributed by atoms with Crippen LogP contribution in [0.5, 0.6) is 0 Å². The van der Waals surface area contributed by atoms with Crippen LogP contribution in [-0.2, 0) is 48.3 Å². The Kier molecular flexibility index (Phi) is 24.1. The third kappa shape index (κ3) is 21.5. The Balaban J connectivity index is -0.000000503. The summed E-state index contributed by atoms with van der Waals surface area (Å²) in [4.78, 5) is 12.0. The van der Waals surface area contributed by atoms with E-state index >= 15 is 0 Å². The Hall–Kier alpha value is -1.82. The van der Waals surface area contributed by atoms with E-state index in [2.05, 4.69) is 0 Å². The number of hydrogen-bond acceptors (Lipinski definition) is 7. The summed E-state index contributed by atoms with van der Waals surface area (Å²) in [6.45, 7) is 14.0. The van der Waals surface area contributed by atoms with Crippen molar-refractivity contribution in [2.75, 3.05) is 0 Å². The molecule has 0 aliphatic heterocycles. The van der Waals surface area contributed by atoms with Gasteiger partial charge < -0.3 is 15.7 Å². The summed E-state index contributed by atoms with van der Waals surface area (Å²) >= 11 is 0. The molecule has 0 saturated carbocycles. The predicted molar refractivity (Wildman–Crippen MR) is 150 cm³/mol. The number of rotatable bonds is 9. The van der Waals surface area contributed by atoms with E-state index in [4.69, 9.17) is 21.6 Å². The molecule has 0 aliphatic carbocycles. The molecule has 0 heterocycles. The molecular weight excluding hydrogens is 524 g/mol. The second kappa shape index (κ2) is 22.4. The monoisotopic (exact) mass is 566 g/mol. The lowest BCUT2D eigenvalue weighted by Crippen LogP contribution is -2.21. The lowest BCUT2D eigenvalue weighted by atomic mass is 10.1.